The van der Waals surface area contributed by atoms with Gasteiger partial charge in [0.1, 0.15) is 5.75 Å². The van der Waals surface area contributed by atoms with Crippen LogP contribution in [0, 0.1) is 0 Å². The Morgan fingerprint density at radius 2 is 1.35 bits per heavy atom. The van der Waals surface area contributed by atoms with Gasteiger partial charge in [-0.2, -0.15) is 0 Å². The van der Waals surface area contributed by atoms with Crippen molar-refractivity contribution in [3.63, 3.8) is 0 Å². The molecule has 0 atom stereocenters. The molecule has 0 fully saturated rings. The summed E-state index contributed by atoms with van der Waals surface area (Å²) in [4.78, 5) is 0. The summed E-state index contributed by atoms with van der Waals surface area (Å²) in [7, 11) is -1.79. The van der Waals surface area contributed by atoms with E-state index in [4.69, 9.17) is 14.7 Å². The lowest BCUT2D eigenvalue weighted by Gasteiger charge is -2.07. The fraction of sp³-hybridized carbons (Fsp3) is 0. The highest BCUT2D eigenvalue weighted by molar-refractivity contribution is 6.33. The molecule has 0 spiro atoms. The Bertz CT molecular complexity index is 723. The van der Waals surface area contributed by atoms with E-state index in [0.717, 1.165) is 11.1 Å². The summed E-state index contributed by atoms with van der Waals surface area (Å²) in [5.74, 6) is 0.421. The quantitative estimate of drug-likeness (QED) is 0.715. The van der Waals surface area contributed by atoms with Gasteiger partial charge in [0, 0.05) is 0 Å². The van der Waals surface area contributed by atoms with Crippen LogP contribution in [0.3, 0.4) is 0 Å². The molecule has 0 aliphatic carbocycles. The second kappa shape index (κ2) is 5.37. The summed E-state index contributed by atoms with van der Waals surface area (Å²) < 4.78 is 4.79. The molecule has 3 aromatic carbocycles. The van der Waals surface area contributed by atoms with Gasteiger partial charge in [-0.3, -0.25) is 0 Å². The number of rotatable bonds is 3. The molecule has 2 N–H and O–H groups in total. The molecule has 4 heteroatoms. The molecule has 0 aliphatic rings. The average Bonchev–Trinajstić information content (AvgIpc) is 2.47. The average molecular weight is 264 g/mol. The van der Waals surface area contributed by atoms with E-state index in [9.17, 15) is 0 Å². The lowest BCUT2D eigenvalue weighted by atomic mass is 10.0. The fourth-order valence-electron chi connectivity index (χ4n) is 2.22. The van der Waals surface area contributed by atoms with E-state index in [1.54, 1.807) is 12.1 Å². The van der Waals surface area contributed by atoms with Crippen molar-refractivity contribution in [2.24, 2.45) is 0 Å². The predicted octanol–water partition coefficient (Wildman–Crippen LogP) is 2.86. The van der Waals surface area contributed by atoms with E-state index in [1.165, 1.54) is 10.8 Å². The van der Waals surface area contributed by atoms with Crippen molar-refractivity contribution in [1.29, 1.82) is 0 Å². The first-order valence-electron chi connectivity index (χ1n) is 6.34. The summed E-state index contributed by atoms with van der Waals surface area (Å²) in [5, 5.41) is 19.9. The van der Waals surface area contributed by atoms with E-state index in [0.29, 0.717) is 5.75 Å². The Labute approximate surface area is 117 Å². The normalized spacial score (nSPS) is 10.5. The SMILES string of the molecule is OB(O)Oc1ccc(-c2ccc3ccccc3c2)cc1. The third kappa shape index (κ3) is 2.66. The standard InChI is InChI=1S/C16H13BO3/c18-17(19)20-16-9-7-13(8-10-16)15-6-5-12-3-1-2-4-14(12)11-15/h1-11,18-19H. The van der Waals surface area contributed by atoms with Crippen LogP contribution >= 0.6 is 0 Å². The van der Waals surface area contributed by atoms with Crippen LogP contribution in [-0.4, -0.2) is 17.4 Å². The first-order chi connectivity index (χ1) is 9.72. The molecule has 3 aromatic rings. The Kier molecular flexibility index (Phi) is 3.42. The highest BCUT2D eigenvalue weighted by atomic mass is 16.6. The van der Waals surface area contributed by atoms with Crippen LogP contribution in [0.2, 0.25) is 0 Å². The van der Waals surface area contributed by atoms with E-state index in [2.05, 4.69) is 30.3 Å². The summed E-state index contributed by atoms with van der Waals surface area (Å²) in [6.07, 6.45) is 0. The molecule has 0 aromatic heterocycles. The molecule has 3 nitrogen and oxygen atoms in total. The number of hydrogen-bond acceptors (Lipinski definition) is 3. The van der Waals surface area contributed by atoms with Crippen LogP contribution in [0.25, 0.3) is 21.9 Å². The summed E-state index contributed by atoms with van der Waals surface area (Å²) in [6, 6.07) is 21.7. The lowest BCUT2D eigenvalue weighted by Crippen LogP contribution is -2.20. The van der Waals surface area contributed by atoms with Gasteiger partial charge in [0.25, 0.3) is 0 Å². The topological polar surface area (TPSA) is 49.7 Å². The van der Waals surface area contributed by atoms with Gasteiger partial charge in [-0.15, -0.1) is 0 Å². The van der Waals surface area contributed by atoms with Crippen LogP contribution < -0.4 is 4.65 Å². The molecule has 98 valence electrons. The third-order valence-electron chi connectivity index (χ3n) is 3.18. The van der Waals surface area contributed by atoms with Crippen LogP contribution in [0.4, 0.5) is 0 Å². The Balaban J connectivity index is 1.94. The number of fused-ring (bicyclic) bond motifs is 1. The van der Waals surface area contributed by atoms with Crippen LogP contribution in [-0.2, 0) is 0 Å². The predicted molar refractivity (Wildman–Crippen MR) is 80.2 cm³/mol. The van der Waals surface area contributed by atoms with E-state index < -0.39 is 7.32 Å². The smallest absolute Gasteiger partial charge is 0.512 e. The molecule has 20 heavy (non-hydrogen) atoms. The lowest BCUT2D eigenvalue weighted by molar-refractivity contribution is 0.288. The van der Waals surface area contributed by atoms with Gasteiger partial charge in [0.15, 0.2) is 0 Å². The molecule has 0 aliphatic heterocycles. The van der Waals surface area contributed by atoms with E-state index in [-0.39, 0.29) is 0 Å². The van der Waals surface area contributed by atoms with Crippen molar-refractivity contribution in [2.45, 2.75) is 0 Å². The monoisotopic (exact) mass is 264 g/mol. The fourth-order valence-corrected chi connectivity index (χ4v) is 2.22. The van der Waals surface area contributed by atoms with Crippen molar-refractivity contribution in [2.75, 3.05) is 0 Å². The maximum atomic E-state index is 8.74. The Morgan fingerprint density at radius 1 is 0.700 bits per heavy atom. The minimum absolute atomic E-state index is 0.421. The molecule has 0 radical (unpaired) electrons. The van der Waals surface area contributed by atoms with Crippen molar-refractivity contribution in [3.8, 4) is 16.9 Å². The second-order valence-electron chi connectivity index (χ2n) is 4.53. The molecular formula is C16H13BO3. The maximum absolute atomic E-state index is 8.74. The second-order valence-corrected chi connectivity index (χ2v) is 4.53. The molecular weight excluding hydrogens is 251 g/mol. The van der Waals surface area contributed by atoms with Crippen molar-refractivity contribution < 1.29 is 14.7 Å². The minimum atomic E-state index is -1.79. The molecule has 3 rings (SSSR count). The Morgan fingerprint density at radius 3 is 2.05 bits per heavy atom. The van der Waals surface area contributed by atoms with Crippen LogP contribution in [0.15, 0.2) is 66.7 Å². The molecule has 0 unspecified atom stereocenters. The maximum Gasteiger partial charge on any atom is 0.707 e. The van der Waals surface area contributed by atoms with Gasteiger partial charge < -0.3 is 14.7 Å². The molecule has 0 amide bonds. The Hall–Kier alpha value is -2.30. The highest BCUT2D eigenvalue weighted by Crippen LogP contribution is 2.26. The van der Waals surface area contributed by atoms with Gasteiger partial charge in [-0.1, -0.05) is 48.5 Å². The van der Waals surface area contributed by atoms with Gasteiger partial charge in [-0.25, -0.2) is 0 Å². The molecule has 0 heterocycles. The minimum Gasteiger partial charge on any atom is -0.512 e. The van der Waals surface area contributed by atoms with Gasteiger partial charge in [-0.05, 0) is 40.1 Å². The zero-order valence-corrected chi connectivity index (χ0v) is 10.7. The van der Waals surface area contributed by atoms with E-state index >= 15 is 0 Å². The summed E-state index contributed by atoms with van der Waals surface area (Å²) in [6.45, 7) is 0. The van der Waals surface area contributed by atoms with E-state index in [1.807, 2.05) is 24.3 Å². The third-order valence-corrected chi connectivity index (χ3v) is 3.18. The molecule has 0 bridgehead atoms. The van der Waals surface area contributed by atoms with Gasteiger partial charge in [0.2, 0.25) is 0 Å². The van der Waals surface area contributed by atoms with Crippen molar-refractivity contribution in [3.05, 3.63) is 66.7 Å². The highest BCUT2D eigenvalue weighted by Gasteiger charge is 2.10. The number of benzene rings is 3. The van der Waals surface area contributed by atoms with Crippen LogP contribution in [0.1, 0.15) is 0 Å². The molecule has 0 saturated heterocycles. The zero-order valence-electron chi connectivity index (χ0n) is 10.7. The van der Waals surface area contributed by atoms with Crippen molar-refractivity contribution in [1.82, 2.24) is 0 Å². The van der Waals surface area contributed by atoms with Gasteiger partial charge >= 0.3 is 7.32 Å². The number of hydrogen-bond donors (Lipinski definition) is 2. The zero-order chi connectivity index (χ0) is 13.9. The van der Waals surface area contributed by atoms with Gasteiger partial charge in [0.05, 0.1) is 0 Å². The first kappa shape index (κ1) is 12.7. The largest absolute Gasteiger partial charge is 0.707 e. The van der Waals surface area contributed by atoms with Crippen molar-refractivity contribution >= 4 is 18.1 Å². The summed E-state index contributed by atoms with van der Waals surface area (Å²) in [5.41, 5.74) is 2.16. The molecule has 0 saturated carbocycles. The summed E-state index contributed by atoms with van der Waals surface area (Å²) >= 11 is 0. The van der Waals surface area contributed by atoms with Crippen LogP contribution in [0.5, 0.6) is 5.75 Å². The first-order valence-corrected chi connectivity index (χ1v) is 6.34.